The molecule has 7 heteroatoms. The number of aryl methyl sites for hydroxylation is 2. The molecule has 26 heavy (non-hydrogen) atoms. The molecule has 0 aromatic heterocycles. The zero-order valence-electron chi connectivity index (χ0n) is 14.8. The zero-order valence-corrected chi connectivity index (χ0v) is 16.3. The van der Waals surface area contributed by atoms with Crippen LogP contribution in [0.2, 0.25) is 5.02 Å². The highest BCUT2D eigenvalue weighted by Crippen LogP contribution is 2.23. The van der Waals surface area contributed by atoms with Crippen molar-refractivity contribution in [1.29, 1.82) is 0 Å². The Morgan fingerprint density at radius 2 is 1.65 bits per heavy atom. The lowest BCUT2D eigenvalue weighted by Crippen LogP contribution is -2.50. The van der Waals surface area contributed by atoms with Crippen LogP contribution in [0.25, 0.3) is 0 Å². The highest BCUT2D eigenvalue weighted by Gasteiger charge is 2.31. The summed E-state index contributed by atoms with van der Waals surface area (Å²) in [4.78, 5) is 14.6. The summed E-state index contributed by atoms with van der Waals surface area (Å²) in [6.07, 6.45) is 0. The third kappa shape index (κ3) is 3.63. The van der Waals surface area contributed by atoms with Gasteiger partial charge in [-0.15, -0.1) is 0 Å². The van der Waals surface area contributed by atoms with Crippen LogP contribution in [-0.2, 0) is 10.0 Å². The standard InChI is InChI=1S/C19H21ClN2O3S/c1-14-7-8-18(15(2)13-14)26(24,25)22-11-9-21(10-12-22)19(23)16-5-3-4-6-17(16)20/h3-8,13H,9-12H2,1-2H3. The maximum absolute atomic E-state index is 12.9. The summed E-state index contributed by atoms with van der Waals surface area (Å²) < 4.78 is 27.3. The number of carbonyl (C=O) groups excluding carboxylic acids is 1. The average Bonchev–Trinajstić information content (AvgIpc) is 2.61. The number of nitrogens with zero attached hydrogens (tertiary/aromatic N) is 2. The molecule has 1 heterocycles. The first-order chi connectivity index (χ1) is 12.3. The molecule has 0 atom stereocenters. The predicted molar refractivity (Wildman–Crippen MR) is 102 cm³/mol. The van der Waals surface area contributed by atoms with E-state index in [1.165, 1.54) is 4.31 Å². The van der Waals surface area contributed by atoms with Gasteiger partial charge in [-0.3, -0.25) is 4.79 Å². The predicted octanol–water partition coefficient (Wildman–Crippen LogP) is 3.10. The SMILES string of the molecule is Cc1ccc(S(=O)(=O)N2CCN(C(=O)c3ccccc3Cl)CC2)c(C)c1. The first-order valence-corrected chi connectivity index (χ1v) is 10.2. The number of sulfonamides is 1. The van der Waals surface area contributed by atoms with Gasteiger partial charge in [0.2, 0.25) is 10.0 Å². The molecule has 0 unspecified atom stereocenters. The van der Waals surface area contributed by atoms with E-state index in [4.69, 9.17) is 11.6 Å². The first-order valence-electron chi connectivity index (χ1n) is 8.42. The van der Waals surface area contributed by atoms with Gasteiger partial charge in [-0.2, -0.15) is 4.31 Å². The second kappa shape index (κ2) is 7.39. The highest BCUT2D eigenvalue weighted by molar-refractivity contribution is 7.89. The fourth-order valence-electron chi connectivity index (χ4n) is 3.16. The van der Waals surface area contributed by atoms with Crippen LogP contribution in [-0.4, -0.2) is 49.7 Å². The van der Waals surface area contributed by atoms with Gasteiger partial charge in [0, 0.05) is 26.2 Å². The Bertz CT molecular complexity index is 936. The number of rotatable bonds is 3. The molecule has 1 saturated heterocycles. The highest BCUT2D eigenvalue weighted by atomic mass is 35.5. The number of halogens is 1. The summed E-state index contributed by atoms with van der Waals surface area (Å²) in [6, 6.07) is 12.2. The lowest BCUT2D eigenvalue weighted by molar-refractivity contribution is 0.0698. The normalized spacial score (nSPS) is 15.9. The Hall–Kier alpha value is -1.89. The van der Waals surface area contributed by atoms with Crippen molar-refractivity contribution in [3.05, 3.63) is 64.2 Å². The number of hydrogen-bond donors (Lipinski definition) is 0. The van der Waals surface area contributed by atoms with Crippen molar-refractivity contribution in [1.82, 2.24) is 9.21 Å². The summed E-state index contributed by atoms with van der Waals surface area (Å²) in [5.74, 6) is -0.167. The van der Waals surface area contributed by atoms with Gasteiger partial charge in [-0.1, -0.05) is 41.4 Å². The molecule has 5 nitrogen and oxygen atoms in total. The van der Waals surface area contributed by atoms with E-state index in [0.29, 0.717) is 28.6 Å². The minimum Gasteiger partial charge on any atom is -0.336 e. The third-order valence-corrected chi connectivity index (χ3v) is 6.97. The summed E-state index contributed by atoms with van der Waals surface area (Å²) in [5.41, 5.74) is 2.20. The van der Waals surface area contributed by atoms with Crippen molar-refractivity contribution < 1.29 is 13.2 Å². The van der Waals surface area contributed by atoms with Crippen LogP contribution in [0.3, 0.4) is 0 Å². The van der Waals surface area contributed by atoms with Gasteiger partial charge in [0.1, 0.15) is 0 Å². The molecule has 0 N–H and O–H groups in total. The molecule has 2 aromatic rings. The number of hydrogen-bond acceptors (Lipinski definition) is 3. The topological polar surface area (TPSA) is 57.7 Å². The van der Waals surface area contributed by atoms with Crippen LogP contribution < -0.4 is 0 Å². The van der Waals surface area contributed by atoms with Gasteiger partial charge in [-0.05, 0) is 37.6 Å². The maximum Gasteiger partial charge on any atom is 0.255 e. The minimum absolute atomic E-state index is 0.167. The Morgan fingerprint density at radius 1 is 1.00 bits per heavy atom. The fourth-order valence-corrected chi connectivity index (χ4v) is 5.01. The fraction of sp³-hybridized carbons (Fsp3) is 0.316. The Labute approximate surface area is 159 Å². The summed E-state index contributed by atoms with van der Waals surface area (Å²) >= 11 is 6.10. The van der Waals surface area contributed by atoms with Crippen LogP contribution >= 0.6 is 11.6 Å². The summed E-state index contributed by atoms with van der Waals surface area (Å²) in [6.45, 7) is 4.96. The van der Waals surface area contributed by atoms with Crippen molar-refractivity contribution in [2.24, 2.45) is 0 Å². The maximum atomic E-state index is 12.9. The van der Waals surface area contributed by atoms with Crippen molar-refractivity contribution >= 4 is 27.5 Å². The summed E-state index contributed by atoms with van der Waals surface area (Å²) in [5, 5.41) is 0.405. The molecule has 1 fully saturated rings. The van der Waals surface area contributed by atoms with Crippen molar-refractivity contribution in [3.63, 3.8) is 0 Å². The quantitative estimate of drug-likeness (QED) is 0.806. The van der Waals surface area contributed by atoms with Gasteiger partial charge in [0.15, 0.2) is 0 Å². The van der Waals surface area contributed by atoms with Crippen LogP contribution in [0.1, 0.15) is 21.5 Å². The van der Waals surface area contributed by atoms with Gasteiger partial charge in [0.25, 0.3) is 5.91 Å². The van der Waals surface area contributed by atoms with Gasteiger partial charge in [0.05, 0.1) is 15.5 Å². The van der Waals surface area contributed by atoms with Crippen molar-refractivity contribution in [2.45, 2.75) is 18.7 Å². The Kier molecular flexibility index (Phi) is 5.37. The van der Waals surface area contributed by atoms with E-state index in [9.17, 15) is 13.2 Å². The first kappa shape index (κ1) is 18.9. The number of piperazine rings is 1. The summed E-state index contributed by atoms with van der Waals surface area (Å²) in [7, 11) is -3.56. The van der Waals surface area contributed by atoms with E-state index in [1.807, 2.05) is 13.0 Å². The van der Waals surface area contributed by atoms with E-state index >= 15 is 0 Å². The largest absolute Gasteiger partial charge is 0.336 e. The van der Waals surface area contributed by atoms with E-state index < -0.39 is 10.0 Å². The molecule has 0 radical (unpaired) electrons. The molecule has 3 rings (SSSR count). The molecule has 2 aromatic carbocycles. The van der Waals surface area contributed by atoms with E-state index in [2.05, 4.69) is 0 Å². The Morgan fingerprint density at radius 3 is 2.27 bits per heavy atom. The van der Waals surface area contributed by atoms with Crippen LogP contribution in [0.15, 0.2) is 47.4 Å². The van der Waals surface area contributed by atoms with Crippen LogP contribution in [0.4, 0.5) is 0 Å². The molecule has 0 saturated carbocycles. The minimum atomic E-state index is -3.56. The monoisotopic (exact) mass is 392 g/mol. The lowest BCUT2D eigenvalue weighted by atomic mass is 10.2. The zero-order chi connectivity index (χ0) is 18.9. The van der Waals surface area contributed by atoms with Crippen LogP contribution in [0.5, 0.6) is 0 Å². The molecule has 0 bridgehead atoms. The molecular formula is C19H21ClN2O3S. The molecule has 0 spiro atoms. The lowest BCUT2D eigenvalue weighted by Gasteiger charge is -2.34. The average molecular weight is 393 g/mol. The smallest absolute Gasteiger partial charge is 0.255 e. The second-order valence-electron chi connectivity index (χ2n) is 6.45. The van der Waals surface area contributed by atoms with Crippen molar-refractivity contribution in [2.75, 3.05) is 26.2 Å². The van der Waals surface area contributed by atoms with Gasteiger partial charge >= 0.3 is 0 Å². The third-order valence-electron chi connectivity index (χ3n) is 4.58. The second-order valence-corrected chi connectivity index (χ2v) is 8.76. The number of carbonyl (C=O) groups is 1. The number of amides is 1. The van der Waals surface area contributed by atoms with E-state index in [1.54, 1.807) is 48.2 Å². The van der Waals surface area contributed by atoms with Crippen molar-refractivity contribution in [3.8, 4) is 0 Å². The van der Waals surface area contributed by atoms with Crippen LogP contribution in [0, 0.1) is 13.8 Å². The van der Waals surface area contributed by atoms with E-state index in [-0.39, 0.29) is 19.0 Å². The molecular weight excluding hydrogens is 372 g/mol. The van der Waals surface area contributed by atoms with Gasteiger partial charge in [-0.25, -0.2) is 8.42 Å². The molecule has 1 amide bonds. The number of benzene rings is 2. The van der Waals surface area contributed by atoms with Gasteiger partial charge < -0.3 is 4.90 Å². The Balaban J connectivity index is 1.74. The molecule has 1 aliphatic rings. The van der Waals surface area contributed by atoms with E-state index in [0.717, 1.165) is 11.1 Å². The molecule has 1 aliphatic heterocycles. The molecule has 138 valence electrons. The molecule has 0 aliphatic carbocycles.